The van der Waals surface area contributed by atoms with E-state index >= 15 is 0 Å². The van der Waals surface area contributed by atoms with Gasteiger partial charge >= 0.3 is 0 Å². The van der Waals surface area contributed by atoms with E-state index in [-0.39, 0.29) is 5.91 Å². The van der Waals surface area contributed by atoms with Crippen molar-refractivity contribution in [2.24, 2.45) is 0 Å². The summed E-state index contributed by atoms with van der Waals surface area (Å²) >= 11 is 0. The molecule has 2 aromatic heterocycles. The molecule has 0 unspecified atom stereocenters. The second-order valence-electron chi connectivity index (χ2n) is 7.57. The number of ether oxygens (including phenoxy) is 2. The lowest BCUT2D eigenvalue weighted by atomic mass is 9.97. The van der Waals surface area contributed by atoms with E-state index in [0.29, 0.717) is 36.8 Å². The summed E-state index contributed by atoms with van der Waals surface area (Å²) in [5, 5.41) is 0.739. The minimum Gasteiger partial charge on any atom is -0.493 e. The van der Waals surface area contributed by atoms with E-state index < -0.39 is 0 Å². The number of para-hydroxylation sites is 1. The maximum absolute atomic E-state index is 13.6. The maximum atomic E-state index is 13.6. The first-order chi connectivity index (χ1) is 15.7. The van der Waals surface area contributed by atoms with E-state index in [9.17, 15) is 4.79 Å². The Hall–Kier alpha value is -4.00. The molecular weight excluding hydrogens is 404 g/mol. The average Bonchev–Trinajstić information content (AvgIpc) is 2.87. The van der Waals surface area contributed by atoms with Crippen LogP contribution in [0.5, 0.6) is 11.5 Å². The lowest BCUT2D eigenvalue weighted by Gasteiger charge is -2.30. The molecule has 3 heterocycles. The average molecular weight is 426 g/mol. The summed E-state index contributed by atoms with van der Waals surface area (Å²) in [5.74, 6) is 1.82. The number of carbonyl (C=O) groups is 1. The first-order valence-electron chi connectivity index (χ1n) is 10.4. The number of hydrogen-bond donors (Lipinski definition) is 0. The topological polar surface area (TPSA) is 77.4 Å². The fraction of sp³-hybridized carbons (Fsp3) is 0.200. The smallest absolute Gasteiger partial charge is 0.273 e. The van der Waals surface area contributed by atoms with Gasteiger partial charge in [0.05, 0.1) is 19.7 Å². The Morgan fingerprint density at radius 1 is 1.00 bits per heavy atom. The monoisotopic (exact) mass is 426 g/mol. The van der Waals surface area contributed by atoms with Crippen LogP contribution in [0.1, 0.15) is 21.6 Å². The van der Waals surface area contributed by atoms with Gasteiger partial charge in [0.2, 0.25) is 0 Å². The Balaban J connectivity index is 1.54. The molecule has 1 amide bonds. The number of hydrogen-bond acceptors (Lipinski definition) is 6. The van der Waals surface area contributed by atoms with E-state index in [1.807, 2.05) is 53.4 Å². The molecule has 0 radical (unpaired) electrons. The predicted molar refractivity (Wildman–Crippen MR) is 121 cm³/mol. The summed E-state index contributed by atoms with van der Waals surface area (Å²) in [4.78, 5) is 29.0. The van der Waals surface area contributed by atoms with Gasteiger partial charge in [0.1, 0.15) is 5.69 Å². The van der Waals surface area contributed by atoms with Crippen molar-refractivity contribution >= 4 is 16.8 Å². The van der Waals surface area contributed by atoms with Crippen LogP contribution in [0, 0.1) is 0 Å². The molecule has 0 fully saturated rings. The van der Waals surface area contributed by atoms with E-state index in [2.05, 4.69) is 15.0 Å². The fourth-order valence-electron chi connectivity index (χ4n) is 4.17. The van der Waals surface area contributed by atoms with Gasteiger partial charge in [-0.2, -0.15) is 0 Å². The summed E-state index contributed by atoms with van der Waals surface area (Å²) in [6.07, 6.45) is 4.08. The van der Waals surface area contributed by atoms with Gasteiger partial charge in [-0.3, -0.25) is 9.78 Å². The van der Waals surface area contributed by atoms with E-state index in [1.165, 1.54) is 0 Å². The molecule has 7 nitrogen and oxygen atoms in total. The number of aromatic nitrogens is 3. The normalized spacial score (nSPS) is 13.0. The Kier molecular flexibility index (Phi) is 5.15. The second kappa shape index (κ2) is 8.26. The van der Waals surface area contributed by atoms with Gasteiger partial charge in [-0.15, -0.1) is 0 Å². The van der Waals surface area contributed by atoms with E-state index in [4.69, 9.17) is 9.47 Å². The van der Waals surface area contributed by atoms with Crippen molar-refractivity contribution in [2.45, 2.75) is 13.0 Å². The summed E-state index contributed by atoms with van der Waals surface area (Å²) in [6, 6.07) is 15.2. The molecule has 0 saturated heterocycles. The highest BCUT2D eigenvalue weighted by molar-refractivity contribution is 6.05. The van der Waals surface area contributed by atoms with Gasteiger partial charge in [-0.05, 0) is 36.2 Å². The molecule has 4 aromatic rings. The number of fused-ring (bicyclic) bond motifs is 2. The summed E-state index contributed by atoms with van der Waals surface area (Å²) in [5.41, 5.74) is 4.03. The minimum atomic E-state index is -0.117. The van der Waals surface area contributed by atoms with Crippen LogP contribution < -0.4 is 9.47 Å². The molecule has 2 aromatic carbocycles. The van der Waals surface area contributed by atoms with Crippen molar-refractivity contribution in [3.8, 4) is 22.9 Å². The maximum Gasteiger partial charge on any atom is 0.273 e. The molecule has 1 aliphatic rings. The number of methoxy groups -OCH3 is 2. The number of benzene rings is 2. The Morgan fingerprint density at radius 2 is 1.88 bits per heavy atom. The molecule has 0 N–H and O–H groups in total. The van der Waals surface area contributed by atoms with Crippen LogP contribution in [0.4, 0.5) is 0 Å². The van der Waals surface area contributed by atoms with Crippen molar-refractivity contribution in [1.29, 1.82) is 0 Å². The van der Waals surface area contributed by atoms with Gasteiger partial charge < -0.3 is 14.4 Å². The predicted octanol–water partition coefficient (Wildman–Crippen LogP) is 3.91. The Bertz CT molecular complexity index is 1310. The van der Waals surface area contributed by atoms with Gasteiger partial charge in [0, 0.05) is 42.0 Å². The third-order valence-electron chi connectivity index (χ3n) is 5.75. The molecule has 160 valence electrons. The molecule has 1 aliphatic heterocycles. The molecule has 0 spiro atoms. The van der Waals surface area contributed by atoms with Crippen LogP contribution in [0.15, 0.2) is 60.9 Å². The largest absolute Gasteiger partial charge is 0.493 e. The highest BCUT2D eigenvalue weighted by Gasteiger charge is 2.28. The highest BCUT2D eigenvalue weighted by Crippen LogP contribution is 2.36. The van der Waals surface area contributed by atoms with Crippen LogP contribution in [-0.4, -0.2) is 46.5 Å². The van der Waals surface area contributed by atoms with E-state index in [0.717, 1.165) is 33.3 Å². The van der Waals surface area contributed by atoms with Crippen molar-refractivity contribution in [3.63, 3.8) is 0 Å². The number of nitrogens with zero attached hydrogens (tertiary/aromatic N) is 4. The quantitative estimate of drug-likeness (QED) is 0.492. The van der Waals surface area contributed by atoms with E-state index in [1.54, 1.807) is 26.6 Å². The lowest BCUT2D eigenvalue weighted by Crippen LogP contribution is -2.36. The van der Waals surface area contributed by atoms with Gasteiger partial charge in [-0.1, -0.05) is 24.3 Å². The molecular formula is C25H22N4O3. The number of pyridine rings is 1. The lowest BCUT2D eigenvalue weighted by molar-refractivity contribution is 0.0730. The Morgan fingerprint density at radius 3 is 2.66 bits per heavy atom. The molecule has 0 bridgehead atoms. The Labute approximate surface area is 185 Å². The molecule has 7 heteroatoms. The molecule has 0 saturated carbocycles. The highest BCUT2D eigenvalue weighted by atomic mass is 16.5. The summed E-state index contributed by atoms with van der Waals surface area (Å²) < 4.78 is 11.0. The molecule has 32 heavy (non-hydrogen) atoms. The molecule has 0 aliphatic carbocycles. The van der Waals surface area contributed by atoms with Crippen LogP contribution in [0.2, 0.25) is 0 Å². The minimum absolute atomic E-state index is 0.117. The zero-order chi connectivity index (χ0) is 22.1. The van der Waals surface area contributed by atoms with Crippen LogP contribution in [0.3, 0.4) is 0 Å². The van der Waals surface area contributed by atoms with Gasteiger partial charge in [0.15, 0.2) is 17.3 Å². The standard InChI is InChI=1S/C25H22N4O3/c1-31-21-10-9-17-15-29(13-11-18(17)23(21)32-2)25(30)22-19-7-3-4-8-20(19)27-24(28-22)16-6-5-12-26-14-16/h3-10,12,14H,11,13,15H2,1-2H3. The van der Waals surface area contributed by atoms with Crippen molar-refractivity contribution < 1.29 is 14.3 Å². The first kappa shape index (κ1) is 19.9. The van der Waals surface area contributed by atoms with Crippen LogP contribution >= 0.6 is 0 Å². The third-order valence-corrected chi connectivity index (χ3v) is 5.75. The van der Waals surface area contributed by atoms with Gasteiger partial charge in [-0.25, -0.2) is 9.97 Å². The zero-order valence-electron chi connectivity index (χ0n) is 17.9. The van der Waals surface area contributed by atoms with Crippen molar-refractivity contribution in [3.05, 3.63) is 77.7 Å². The summed E-state index contributed by atoms with van der Waals surface area (Å²) in [6.45, 7) is 1.05. The van der Waals surface area contributed by atoms with Crippen LogP contribution in [-0.2, 0) is 13.0 Å². The number of rotatable bonds is 4. The van der Waals surface area contributed by atoms with Crippen molar-refractivity contribution in [1.82, 2.24) is 19.9 Å². The second-order valence-corrected chi connectivity index (χ2v) is 7.57. The SMILES string of the molecule is COc1ccc2c(c1OC)CCN(C(=O)c1nc(-c3cccnc3)nc3ccccc13)C2. The molecule has 0 atom stereocenters. The fourth-order valence-corrected chi connectivity index (χ4v) is 4.17. The van der Waals surface area contributed by atoms with Crippen molar-refractivity contribution in [2.75, 3.05) is 20.8 Å². The molecule has 5 rings (SSSR count). The third kappa shape index (κ3) is 3.41. The number of amides is 1. The number of carbonyl (C=O) groups excluding carboxylic acids is 1. The zero-order valence-corrected chi connectivity index (χ0v) is 17.9. The van der Waals surface area contributed by atoms with Gasteiger partial charge in [0.25, 0.3) is 5.91 Å². The first-order valence-corrected chi connectivity index (χ1v) is 10.4. The summed E-state index contributed by atoms with van der Waals surface area (Å²) in [7, 11) is 3.27. The van der Waals surface area contributed by atoms with Crippen LogP contribution in [0.25, 0.3) is 22.3 Å².